The largest absolute Gasteiger partial charge is 0.492 e. The van der Waals surface area contributed by atoms with Crippen molar-refractivity contribution in [1.29, 1.82) is 0 Å². The van der Waals surface area contributed by atoms with Gasteiger partial charge < -0.3 is 15.2 Å². The molecule has 2 aromatic rings. The van der Waals surface area contributed by atoms with E-state index in [1.54, 1.807) is 6.07 Å². The van der Waals surface area contributed by atoms with Crippen LogP contribution in [0.15, 0.2) is 36.4 Å². The minimum Gasteiger partial charge on any atom is -0.492 e. The van der Waals surface area contributed by atoms with Crippen molar-refractivity contribution in [2.45, 2.75) is 33.6 Å². The van der Waals surface area contributed by atoms with E-state index < -0.39 is 0 Å². The molecule has 0 atom stereocenters. The summed E-state index contributed by atoms with van der Waals surface area (Å²) in [5.41, 5.74) is 9.07. The quantitative estimate of drug-likeness (QED) is 0.795. The summed E-state index contributed by atoms with van der Waals surface area (Å²) in [6.07, 6.45) is 0. The maximum atomic E-state index is 5.90. The Balaban J connectivity index is 2.22. The fraction of sp³-hybridized carbons (Fsp3) is 0.333. The molecule has 2 N–H and O–H groups in total. The van der Waals surface area contributed by atoms with Crippen LogP contribution in [0, 0.1) is 6.92 Å². The molecule has 21 heavy (non-hydrogen) atoms. The molecule has 0 aliphatic rings. The van der Waals surface area contributed by atoms with Gasteiger partial charge in [0, 0.05) is 6.07 Å². The van der Waals surface area contributed by atoms with E-state index in [1.807, 2.05) is 25.1 Å². The molecule has 0 saturated carbocycles. The number of anilines is 1. The molecule has 0 amide bonds. The minimum atomic E-state index is 0.514. The molecule has 0 bridgehead atoms. The van der Waals surface area contributed by atoms with Gasteiger partial charge in [0.2, 0.25) is 0 Å². The third kappa shape index (κ3) is 3.69. The van der Waals surface area contributed by atoms with Gasteiger partial charge >= 0.3 is 0 Å². The molecule has 0 unspecified atom stereocenters. The molecule has 0 radical (unpaired) electrons. The number of benzene rings is 2. The summed E-state index contributed by atoms with van der Waals surface area (Å²) >= 11 is 0. The van der Waals surface area contributed by atoms with E-state index in [9.17, 15) is 0 Å². The summed E-state index contributed by atoms with van der Waals surface area (Å²) < 4.78 is 11.4. The Morgan fingerprint density at radius 3 is 2.33 bits per heavy atom. The molecule has 0 aromatic heterocycles. The lowest BCUT2D eigenvalue weighted by atomic mass is 9.98. The fourth-order valence-corrected chi connectivity index (χ4v) is 2.35. The number of nitrogens with two attached hydrogens (primary N) is 1. The maximum absolute atomic E-state index is 5.90. The highest BCUT2D eigenvalue weighted by Gasteiger charge is 2.07. The predicted octanol–water partition coefficient (Wildman–Crippen LogP) is 4.89. The van der Waals surface area contributed by atoms with Gasteiger partial charge in [-0.05, 0) is 55.2 Å². The number of rotatable bonds is 5. The number of ether oxygens (including phenoxy) is 2. The molecule has 112 valence electrons. The summed E-state index contributed by atoms with van der Waals surface area (Å²) in [5.74, 6) is 2.72. The van der Waals surface area contributed by atoms with Crippen molar-refractivity contribution in [3.63, 3.8) is 0 Å². The van der Waals surface area contributed by atoms with E-state index in [4.69, 9.17) is 15.2 Å². The number of nitrogen functional groups attached to an aromatic ring is 1. The van der Waals surface area contributed by atoms with E-state index in [0.717, 1.165) is 11.5 Å². The van der Waals surface area contributed by atoms with Gasteiger partial charge in [-0.3, -0.25) is 0 Å². The lowest BCUT2D eigenvalue weighted by Gasteiger charge is -2.13. The van der Waals surface area contributed by atoms with Crippen molar-refractivity contribution in [1.82, 2.24) is 0 Å². The van der Waals surface area contributed by atoms with Gasteiger partial charge in [0.15, 0.2) is 0 Å². The van der Waals surface area contributed by atoms with Crippen LogP contribution in [0.25, 0.3) is 0 Å². The molecule has 0 fully saturated rings. The first-order chi connectivity index (χ1) is 10.0. The van der Waals surface area contributed by atoms with Gasteiger partial charge in [-0.25, -0.2) is 0 Å². The second-order valence-corrected chi connectivity index (χ2v) is 5.41. The monoisotopic (exact) mass is 285 g/mol. The van der Waals surface area contributed by atoms with Crippen molar-refractivity contribution in [3.8, 4) is 17.2 Å². The molecular weight excluding hydrogens is 262 g/mol. The number of hydrogen-bond donors (Lipinski definition) is 1. The Morgan fingerprint density at radius 2 is 1.71 bits per heavy atom. The zero-order chi connectivity index (χ0) is 15.4. The zero-order valence-electron chi connectivity index (χ0n) is 13.1. The maximum Gasteiger partial charge on any atom is 0.145 e. The smallest absolute Gasteiger partial charge is 0.145 e. The Bertz CT molecular complexity index is 621. The molecule has 0 spiro atoms. The summed E-state index contributed by atoms with van der Waals surface area (Å²) in [5, 5.41) is 0. The highest BCUT2D eigenvalue weighted by atomic mass is 16.5. The Hall–Kier alpha value is -2.16. The van der Waals surface area contributed by atoms with Crippen LogP contribution in [0.5, 0.6) is 17.2 Å². The first-order valence-electron chi connectivity index (χ1n) is 7.32. The first-order valence-corrected chi connectivity index (χ1v) is 7.32. The average Bonchev–Trinajstić information content (AvgIpc) is 2.42. The van der Waals surface area contributed by atoms with Crippen LogP contribution < -0.4 is 15.2 Å². The van der Waals surface area contributed by atoms with Crippen LogP contribution in [-0.4, -0.2) is 6.61 Å². The molecule has 0 heterocycles. The van der Waals surface area contributed by atoms with E-state index >= 15 is 0 Å². The molecule has 0 saturated heterocycles. The summed E-state index contributed by atoms with van der Waals surface area (Å²) in [6, 6.07) is 11.7. The van der Waals surface area contributed by atoms with Crippen molar-refractivity contribution in [2.75, 3.05) is 12.3 Å². The van der Waals surface area contributed by atoms with Crippen LogP contribution in [0.1, 0.15) is 37.8 Å². The van der Waals surface area contributed by atoms with Gasteiger partial charge in [0.25, 0.3) is 0 Å². The highest BCUT2D eigenvalue weighted by Crippen LogP contribution is 2.31. The van der Waals surface area contributed by atoms with E-state index in [1.165, 1.54) is 11.1 Å². The third-order valence-electron chi connectivity index (χ3n) is 3.38. The van der Waals surface area contributed by atoms with Gasteiger partial charge in [-0.15, -0.1) is 0 Å². The van der Waals surface area contributed by atoms with Crippen molar-refractivity contribution < 1.29 is 9.47 Å². The van der Waals surface area contributed by atoms with E-state index in [0.29, 0.717) is 24.0 Å². The Labute approximate surface area is 126 Å². The van der Waals surface area contributed by atoms with E-state index in [-0.39, 0.29) is 0 Å². The predicted molar refractivity (Wildman–Crippen MR) is 87.4 cm³/mol. The number of hydrogen-bond acceptors (Lipinski definition) is 3. The van der Waals surface area contributed by atoms with Gasteiger partial charge in [-0.2, -0.15) is 0 Å². The highest BCUT2D eigenvalue weighted by molar-refractivity contribution is 5.56. The van der Waals surface area contributed by atoms with Gasteiger partial charge in [0.1, 0.15) is 17.2 Å². The van der Waals surface area contributed by atoms with Crippen molar-refractivity contribution in [3.05, 3.63) is 47.5 Å². The van der Waals surface area contributed by atoms with Crippen LogP contribution in [0.2, 0.25) is 0 Å². The Kier molecular flexibility index (Phi) is 4.73. The minimum absolute atomic E-state index is 0.514. The van der Waals surface area contributed by atoms with E-state index in [2.05, 4.69) is 32.9 Å². The summed E-state index contributed by atoms with van der Waals surface area (Å²) in [4.78, 5) is 0. The molecule has 0 aliphatic carbocycles. The summed E-state index contributed by atoms with van der Waals surface area (Å²) in [7, 11) is 0. The molecule has 3 heteroatoms. The first kappa shape index (κ1) is 15.2. The number of aryl methyl sites for hydroxylation is 1. The molecule has 2 rings (SSSR count). The van der Waals surface area contributed by atoms with Crippen molar-refractivity contribution in [2.24, 2.45) is 0 Å². The second kappa shape index (κ2) is 6.53. The SMILES string of the molecule is CCOc1cc(Oc2ccc(C(C)C)c(C)c2)ccc1N. The summed E-state index contributed by atoms with van der Waals surface area (Å²) in [6.45, 7) is 9.00. The Morgan fingerprint density at radius 1 is 1.05 bits per heavy atom. The molecule has 2 aromatic carbocycles. The standard InChI is InChI=1S/C18H23NO2/c1-5-20-18-11-15(7-9-17(18)19)21-14-6-8-16(12(2)3)13(4)10-14/h6-12H,5,19H2,1-4H3. The molecular formula is C18H23NO2. The average molecular weight is 285 g/mol. The topological polar surface area (TPSA) is 44.5 Å². The van der Waals surface area contributed by atoms with Crippen LogP contribution >= 0.6 is 0 Å². The van der Waals surface area contributed by atoms with Gasteiger partial charge in [0.05, 0.1) is 12.3 Å². The van der Waals surface area contributed by atoms with Crippen LogP contribution in [-0.2, 0) is 0 Å². The normalized spacial score (nSPS) is 10.7. The zero-order valence-corrected chi connectivity index (χ0v) is 13.1. The lowest BCUT2D eigenvalue weighted by Crippen LogP contribution is -1.97. The lowest BCUT2D eigenvalue weighted by molar-refractivity contribution is 0.340. The van der Waals surface area contributed by atoms with Gasteiger partial charge in [-0.1, -0.05) is 19.9 Å². The third-order valence-corrected chi connectivity index (χ3v) is 3.38. The van der Waals surface area contributed by atoms with Crippen LogP contribution in [0.3, 0.4) is 0 Å². The van der Waals surface area contributed by atoms with Crippen LogP contribution in [0.4, 0.5) is 5.69 Å². The molecule has 0 aliphatic heterocycles. The second-order valence-electron chi connectivity index (χ2n) is 5.41. The fourth-order valence-electron chi connectivity index (χ4n) is 2.35. The van der Waals surface area contributed by atoms with Crippen molar-refractivity contribution >= 4 is 5.69 Å². The molecule has 3 nitrogen and oxygen atoms in total.